The molecule has 1 aliphatic heterocycles. The van der Waals surface area contributed by atoms with Crippen LogP contribution in [0.2, 0.25) is 0 Å². The Balaban J connectivity index is 0.00000261. The minimum Gasteiger partial charge on any atom is -0.454 e. The highest BCUT2D eigenvalue weighted by atomic mass is 127. The van der Waals surface area contributed by atoms with Gasteiger partial charge in [-0.1, -0.05) is 30.3 Å². The summed E-state index contributed by atoms with van der Waals surface area (Å²) in [4.78, 5) is 4.27. The predicted molar refractivity (Wildman–Crippen MR) is 117 cm³/mol. The van der Waals surface area contributed by atoms with Crippen molar-refractivity contribution in [3.63, 3.8) is 0 Å². The third-order valence-corrected chi connectivity index (χ3v) is 4.16. The Morgan fingerprint density at radius 2 is 1.70 bits per heavy atom. The lowest BCUT2D eigenvalue weighted by Crippen LogP contribution is -2.37. The first-order valence-corrected chi connectivity index (χ1v) is 8.68. The van der Waals surface area contributed by atoms with Gasteiger partial charge in [0, 0.05) is 27.2 Å². The molecule has 2 aromatic rings. The van der Waals surface area contributed by atoms with Gasteiger partial charge in [0.2, 0.25) is 6.79 Å². The summed E-state index contributed by atoms with van der Waals surface area (Å²) in [5.74, 6) is 2.42. The number of fused-ring (bicyclic) bond motifs is 1. The number of hydrogen-bond acceptors (Lipinski definition) is 4. The number of nitrogens with zero attached hydrogens (tertiary/aromatic N) is 1. The standard InChI is InChI=1S/C20H25N3O3.HI/c1-21-20(23-12-16-3-5-17(6-4-16)13-24-2)22-10-9-15-7-8-18-19(11-15)26-14-25-18;/h3-8,11H,9-10,12-14H2,1-2H3,(H2,21,22,23);1H. The molecule has 0 saturated heterocycles. The summed E-state index contributed by atoms with van der Waals surface area (Å²) in [5, 5.41) is 6.66. The molecule has 0 unspecified atom stereocenters. The zero-order chi connectivity index (χ0) is 18.2. The lowest BCUT2D eigenvalue weighted by molar-refractivity contribution is 0.174. The van der Waals surface area contributed by atoms with Gasteiger partial charge >= 0.3 is 0 Å². The highest BCUT2D eigenvalue weighted by Gasteiger charge is 2.12. The van der Waals surface area contributed by atoms with Crippen molar-refractivity contribution in [2.24, 2.45) is 4.99 Å². The highest BCUT2D eigenvalue weighted by Crippen LogP contribution is 2.32. The molecule has 0 radical (unpaired) electrons. The molecular formula is C20H26IN3O3. The monoisotopic (exact) mass is 483 g/mol. The maximum atomic E-state index is 5.41. The number of hydrogen-bond donors (Lipinski definition) is 2. The zero-order valence-corrected chi connectivity index (χ0v) is 18.0. The number of rotatable bonds is 7. The van der Waals surface area contributed by atoms with Crippen molar-refractivity contribution in [3.05, 3.63) is 59.2 Å². The summed E-state index contributed by atoms with van der Waals surface area (Å²) in [6.07, 6.45) is 0.878. The third-order valence-electron chi connectivity index (χ3n) is 4.16. The van der Waals surface area contributed by atoms with Crippen LogP contribution in [0.25, 0.3) is 0 Å². The third kappa shape index (κ3) is 6.28. The second-order valence-corrected chi connectivity index (χ2v) is 6.04. The fourth-order valence-corrected chi connectivity index (χ4v) is 2.75. The van der Waals surface area contributed by atoms with E-state index in [1.165, 1.54) is 16.7 Å². The van der Waals surface area contributed by atoms with Crippen LogP contribution < -0.4 is 20.1 Å². The zero-order valence-electron chi connectivity index (χ0n) is 15.7. The van der Waals surface area contributed by atoms with E-state index < -0.39 is 0 Å². The maximum Gasteiger partial charge on any atom is 0.231 e. The number of halogens is 1. The maximum absolute atomic E-state index is 5.41. The van der Waals surface area contributed by atoms with Crippen LogP contribution >= 0.6 is 24.0 Å². The van der Waals surface area contributed by atoms with Crippen LogP contribution in [-0.2, 0) is 24.3 Å². The number of guanidine groups is 1. The SMILES string of the molecule is CN=C(NCCc1ccc2c(c1)OCO2)NCc1ccc(COC)cc1.I. The van der Waals surface area contributed by atoms with E-state index in [0.717, 1.165) is 37.0 Å². The molecule has 0 aromatic heterocycles. The van der Waals surface area contributed by atoms with Crippen LogP contribution in [0.5, 0.6) is 11.5 Å². The molecule has 0 atom stereocenters. The topological polar surface area (TPSA) is 64.1 Å². The molecule has 7 heteroatoms. The second-order valence-electron chi connectivity index (χ2n) is 6.04. The molecule has 0 saturated carbocycles. The molecule has 2 aromatic carbocycles. The van der Waals surface area contributed by atoms with Gasteiger partial charge in [0.25, 0.3) is 0 Å². The summed E-state index contributed by atoms with van der Waals surface area (Å²) in [7, 11) is 3.48. The largest absolute Gasteiger partial charge is 0.454 e. The molecular weight excluding hydrogens is 457 g/mol. The van der Waals surface area contributed by atoms with Gasteiger partial charge in [-0.2, -0.15) is 0 Å². The molecule has 27 heavy (non-hydrogen) atoms. The van der Waals surface area contributed by atoms with Crippen LogP contribution in [-0.4, -0.2) is 33.5 Å². The molecule has 2 N–H and O–H groups in total. The first-order valence-electron chi connectivity index (χ1n) is 8.68. The van der Waals surface area contributed by atoms with Crippen LogP contribution in [0, 0.1) is 0 Å². The molecule has 0 spiro atoms. The van der Waals surface area contributed by atoms with E-state index in [4.69, 9.17) is 14.2 Å². The van der Waals surface area contributed by atoms with E-state index in [-0.39, 0.29) is 24.0 Å². The van der Waals surface area contributed by atoms with Crippen molar-refractivity contribution < 1.29 is 14.2 Å². The number of benzene rings is 2. The number of nitrogens with one attached hydrogen (secondary N) is 2. The van der Waals surface area contributed by atoms with E-state index in [0.29, 0.717) is 13.4 Å². The van der Waals surface area contributed by atoms with Crippen molar-refractivity contribution in [3.8, 4) is 11.5 Å². The summed E-state index contributed by atoms with van der Waals surface area (Å²) < 4.78 is 15.9. The molecule has 3 rings (SSSR count). The summed E-state index contributed by atoms with van der Waals surface area (Å²) in [5.41, 5.74) is 3.57. The number of ether oxygens (including phenoxy) is 3. The summed E-state index contributed by atoms with van der Waals surface area (Å²) >= 11 is 0. The minimum absolute atomic E-state index is 0. The van der Waals surface area contributed by atoms with Gasteiger partial charge in [0.1, 0.15) is 0 Å². The Kier molecular flexibility index (Phi) is 8.66. The van der Waals surface area contributed by atoms with Crippen molar-refractivity contribution in [2.75, 3.05) is 27.5 Å². The molecule has 1 aliphatic rings. The van der Waals surface area contributed by atoms with Crippen LogP contribution in [0.4, 0.5) is 0 Å². The Labute approximate surface area is 177 Å². The lowest BCUT2D eigenvalue weighted by atomic mass is 10.1. The normalized spacial score (nSPS) is 12.4. The van der Waals surface area contributed by atoms with Gasteiger partial charge in [0.05, 0.1) is 6.61 Å². The quantitative estimate of drug-likeness (QED) is 0.360. The van der Waals surface area contributed by atoms with Crippen molar-refractivity contribution in [2.45, 2.75) is 19.6 Å². The molecule has 0 fully saturated rings. The second kappa shape index (κ2) is 11.0. The fourth-order valence-electron chi connectivity index (χ4n) is 2.75. The number of aliphatic imine (C=N–C) groups is 1. The Morgan fingerprint density at radius 1 is 1.00 bits per heavy atom. The average Bonchev–Trinajstić information content (AvgIpc) is 3.14. The molecule has 6 nitrogen and oxygen atoms in total. The highest BCUT2D eigenvalue weighted by molar-refractivity contribution is 14.0. The molecule has 0 bridgehead atoms. The van der Waals surface area contributed by atoms with Crippen LogP contribution in [0.1, 0.15) is 16.7 Å². The first kappa shape index (κ1) is 21.3. The van der Waals surface area contributed by atoms with Crippen molar-refractivity contribution in [1.82, 2.24) is 10.6 Å². The predicted octanol–water partition coefficient (Wildman–Crippen LogP) is 3.09. The van der Waals surface area contributed by atoms with E-state index >= 15 is 0 Å². The van der Waals surface area contributed by atoms with E-state index in [9.17, 15) is 0 Å². The summed E-state index contributed by atoms with van der Waals surface area (Å²) in [6.45, 7) is 2.44. The van der Waals surface area contributed by atoms with Gasteiger partial charge < -0.3 is 24.8 Å². The Bertz CT molecular complexity index is 751. The molecule has 146 valence electrons. The number of methoxy groups -OCH3 is 1. The van der Waals surface area contributed by atoms with E-state index in [1.54, 1.807) is 14.2 Å². The smallest absolute Gasteiger partial charge is 0.231 e. The summed E-state index contributed by atoms with van der Waals surface area (Å²) in [6, 6.07) is 14.4. The molecule has 0 aliphatic carbocycles. The van der Waals surface area contributed by atoms with E-state index in [2.05, 4.69) is 46.0 Å². The Morgan fingerprint density at radius 3 is 2.44 bits per heavy atom. The first-order chi connectivity index (χ1) is 12.8. The van der Waals surface area contributed by atoms with Gasteiger partial charge in [-0.3, -0.25) is 4.99 Å². The van der Waals surface area contributed by atoms with Gasteiger partial charge in [-0.25, -0.2) is 0 Å². The molecule has 0 amide bonds. The minimum atomic E-state index is 0. The Hall–Kier alpha value is -2.00. The van der Waals surface area contributed by atoms with Crippen LogP contribution in [0.3, 0.4) is 0 Å². The average molecular weight is 483 g/mol. The van der Waals surface area contributed by atoms with Gasteiger partial charge in [0.15, 0.2) is 17.5 Å². The fraction of sp³-hybridized carbons (Fsp3) is 0.350. The lowest BCUT2D eigenvalue weighted by Gasteiger charge is -2.12. The molecule has 1 heterocycles. The van der Waals surface area contributed by atoms with Crippen molar-refractivity contribution >= 4 is 29.9 Å². The van der Waals surface area contributed by atoms with Crippen molar-refractivity contribution in [1.29, 1.82) is 0 Å². The van der Waals surface area contributed by atoms with E-state index in [1.807, 2.05) is 12.1 Å². The van der Waals surface area contributed by atoms with Gasteiger partial charge in [-0.05, 0) is 35.2 Å². The van der Waals surface area contributed by atoms with Crippen LogP contribution in [0.15, 0.2) is 47.5 Å². The van der Waals surface area contributed by atoms with Gasteiger partial charge in [-0.15, -0.1) is 24.0 Å².